The average Bonchev–Trinajstić information content (AvgIpc) is 3.07. The SMILES string of the molecule is CN1CCC=C(c2nsnc2SCCCCCCS)C1.O=C(O)C(=O)O. The summed E-state index contributed by atoms with van der Waals surface area (Å²) < 4.78 is 8.98. The van der Waals surface area contributed by atoms with Gasteiger partial charge in [-0.3, -0.25) is 0 Å². The van der Waals surface area contributed by atoms with Crippen molar-refractivity contribution in [3.63, 3.8) is 0 Å². The Morgan fingerprint density at radius 1 is 1.23 bits per heavy atom. The molecule has 2 heterocycles. The summed E-state index contributed by atoms with van der Waals surface area (Å²) in [6, 6.07) is 0. The first kappa shape index (κ1) is 22.9. The molecule has 146 valence electrons. The Labute approximate surface area is 167 Å². The fraction of sp³-hybridized carbons (Fsp3) is 0.625. The lowest BCUT2D eigenvalue weighted by Gasteiger charge is -2.22. The van der Waals surface area contributed by atoms with Gasteiger partial charge in [0.05, 0.1) is 11.7 Å². The predicted molar refractivity (Wildman–Crippen MR) is 108 cm³/mol. The summed E-state index contributed by atoms with van der Waals surface area (Å²) in [4.78, 5) is 20.5. The van der Waals surface area contributed by atoms with Gasteiger partial charge in [0, 0.05) is 13.1 Å². The lowest BCUT2D eigenvalue weighted by Crippen LogP contribution is -2.25. The quantitative estimate of drug-likeness (QED) is 0.256. The lowest BCUT2D eigenvalue weighted by molar-refractivity contribution is -0.159. The number of hydrogen-bond acceptors (Lipinski definition) is 8. The molecule has 0 fully saturated rings. The van der Waals surface area contributed by atoms with Gasteiger partial charge in [-0.1, -0.05) is 18.9 Å². The number of thiol groups is 1. The van der Waals surface area contributed by atoms with Gasteiger partial charge in [0.2, 0.25) is 0 Å². The second-order valence-electron chi connectivity index (χ2n) is 5.77. The Morgan fingerprint density at radius 3 is 2.54 bits per heavy atom. The molecule has 1 aromatic rings. The molecule has 7 nitrogen and oxygen atoms in total. The molecule has 0 radical (unpaired) electrons. The van der Waals surface area contributed by atoms with E-state index in [-0.39, 0.29) is 0 Å². The van der Waals surface area contributed by atoms with Crippen LogP contribution in [0.15, 0.2) is 11.1 Å². The molecule has 10 heteroatoms. The van der Waals surface area contributed by atoms with Crippen molar-refractivity contribution in [2.75, 3.05) is 31.6 Å². The summed E-state index contributed by atoms with van der Waals surface area (Å²) in [5, 5.41) is 15.9. The molecule has 1 aromatic heterocycles. The van der Waals surface area contributed by atoms with Crippen molar-refractivity contribution in [2.45, 2.75) is 37.1 Å². The molecular weight excluding hydrogens is 394 g/mol. The number of likely N-dealkylation sites (N-methyl/N-ethyl adjacent to an activating group) is 1. The normalized spacial score (nSPS) is 14.3. The van der Waals surface area contributed by atoms with Gasteiger partial charge in [-0.25, -0.2) is 9.59 Å². The highest BCUT2D eigenvalue weighted by atomic mass is 32.2. The molecule has 0 atom stereocenters. The topological polar surface area (TPSA) is 104 Å². The smallest absolute Gasteiger partial charge is 0.414 e. The highest BCUT2D eigenvalue weighted by Gasteiger charge is 2.17. The molecule has 1 aliphatic heterocycles. The molecule has 1 aliphatic rings. The van der Waals surface area contributed by atoms with E-state index in [0.29, 0.717) is 0 Å². The van der Waals surface area contributed by atoms with Crippen molar-refractivity contribution < 1.29 is 19.8 Å². The Morgan fingerprint density at radius 2 is 1.92 bits per heavy atom. The third-order valence-electron chi connectivity index (χ3n) is 3.58. The van der Waals surface area contributed by atoms with Gasteiger partial charge < -0.3 is 15.1 Å². The molecule has 0 bridgehead atoms. The van der Waals surface area contributed by atoms with Gasteiger partial charge in [-0.05, 0) is 43.4 Å². The van der Waals surface area contributed by atoms with E-state index in [2.05, 4.69) is 39.4 Å². The molecular formula is C16H25N3O4S3. The second kappa shape index (κ2) is 13.1. The second-order valence-corrected chi connectivity index (χ2v) is 7.83. The van der Waals surface area contributed by atoms with Crippen molar-refractivity contribution in [1.29, 1.82) is 0 Å². The first-order valence-electron chi connectivity index (χ1n) is 8.36. The largest absolute Gasteiger partial charge is 0.473 e. The van der Waals surface area contributed by atoms with Crippen LogP contribution < -0.4 is 0 Å². The van der Waals surface area contributed by atoms with E-state index < -0.39 is 11.9 Å². The zero-order valence-corrected chi connectivity index (χ0v) is 17.3. The van der Waals surface area contributed by atoms with E-state index in [1.165, 1.54) is 43.0 Å². The van der Waals surface area contributed by atoms with Crippen molar-refractivity contribution in [3.05, 3.63) is 11.8 Å². The standard InChI is InChI=1S/C14H23N3S3.C2H2O4/c1-17-8-6-7-12(11-17)13-14(16-20-15-13)19-10-5-3-2-4-9-18;3-1(4)2(5)6/h7,18H,2-6,8-11H2,1H3;(H,3,4)(H,5,6). The van der Waals surface area contributed by atoms with E-state index in [4.69, 9.17) is 19.8 Å². The van der Waals surface area contributed by atoms with Crippen LogP contribution in [0.25, 0.3) is 5.57 Å². The number of carbonyl (C=O) groups is 2. The summed E-state index contributed by atoms with van der Waals surface area (Å²) in [5.41, 5.74) is 2.48. The number of thioether (sulfide) groups is 1. The van der Waals surface area contributed by atoms with Crippen LogP contribution in [0, 0.1) is 0 Å². The fourth-order valence-electron chi connectivity index (χ4n) is 2.27. The zero-order chi connectivity index (χ0) is 19.4. The molecule has 0 saturated heterocycles. The van der Waals surface area contributed by atoms with Gasteiger partial charge in [0.25, 0.3) is 0 Å². The maximum absolute atomic E-state index is 9.10. The average molecular weight is 420 g/mol. The van der Waals surface area contributed by atoms with E-state index in [1.54, 1.807) is 0 Å². The molecule has 0 saturated carbocycles. The summed E-state index contributed by atoms with van der Waals surface area (Å²) in [5.74, 6) is -1.49. The highest BCUT2D eigenvalue weighted by molar-refractivity contribution is 7.99. The van der Waals surface area contributed by atoms with Crippen LogP contribution in [0.4, 0.5) is 0 Å². The van der Waals surface area contributed by atoms with Gasteiger partial charge in [-0.2, -0.15) is 21.4 Å². The number of carboxylic acids is 2. The number of aliphatic carboxylic acids is 2. The summed E-state index contributed by atoms with van der Waals surface area (Å²) >= 11 is 7.45. The third kappa shape index (κ3) is 9.02. The summed E-state index contributed by atoms with van der Waals surface area (Å²) in [6.45, 7) is 2.15. The molecule has 0 spiro atoms. The van der Waals surface area contributed by atoms with Crippen LogP contribution in [-0.4, -0.2) is 67.4 Å². The van der Waals surface area contributed by atoms with Gasteiger partial charge in [-0.15, -0.1) is 11.8 Å². The van der Waals surface area contributed by atoms with Crippen LogP contribution in [0.1, 0.15) is 37.8 Å². The van der Waals surface area contributed by atoms with Gasteiger partial charge in [0.1, 0.15) is 10.7 Å². The van der Waals surface area contributed by atoms with E-state index in [1.807, 2.05) is 11.8 Å². The highest BCUT2D eigenvalue weighted by Crippen LogP contribution is 2.29. The minimum atomic E-state index is -1.82. The summed E-state index contributed by atoms with van der Waals surface area (Å²) in [7, 11) is 2.17. The third-order valence-corrected chi connectivity index (χ3v) is 5.59. The van der Waals surface area contributed by atoms with Crippen LogP contribution in [0.2, 0.25) is 0 Å². The maximum Gasteiger partial charge on any atom is 0.414 e. The molecule has 0 aliphatic carbocycles. The zero-order valence-electron chi connectivity index (χ0n) is 14.8. The van der Waals surface area contributed by atoms with Crippen molar-refractivity contribution in [2.24, 2.45) is 0 Å². The van der Waals surface area contributed by atoms with E-state index >= 15 is 0 Å². The van der Waals surface area contributed by atoms with Crippen molar-refractivity contribution >= 4 is 53.6 Å². The van der Waals surface area contributed by atoms with Crippen LogP contribution >= 0.6 is 36.1 Å². The molecule has 0 aromatic carbocycles. The summed E-state index contributed by atoms with van der Waals surface area (Å²) in [6.07, 6.45) is 8.53. The number of aromatic nitrogens is 2. The number of hydrogen-bond donors (Lipinski definition) is 3. The van der Waals surface area contributed by atoms with Gasteiger partial charge in [0.15, 0.2) is 0 Å². The monoisotopic (exact) mass is 419 g/mol. The van der Waals surface area contributed by atoms with Gasteiger partial charge >= 0.3 is 11.9 Å². The van der Waals surface area contributed by atoms with Crippen LogP contribution in [0.5, 0.6) is 0 Å². The Bertz CT molecular complexity index is 595. The Hall–Kier alpha value is -1.10. The number of unbranched alkanes of at least 4 members (excludes halogenated alkanes) is 3. The minimum absolute atomic E-state index is 1.00. The maximum atomic E-state index is 9.10. The first-order chi connectivity index (χ1) is 12.5. The number of carboxylic acid groups (broad SMARTS) is 2. The van der Waals surface area contributed by atoms with Crippen LogP contribution in [0.3, 0.4) is 0 Å². The van der Waals surface area contributed by atoms with Crippen molar-refractivity contribution in [1.82, 2.24) is 13.6 Å². The van der Waals surface area contributed by atoms with Crippen LogP contribution in [-0.2, 0) is 9.59 Å². The Kier molecular flexibility index (Phi) is 11.6. The number of rotatable bonds is 8. The fourth-order valence-corrected chi connectivity index (χ4v) is 4.21. The lowest BCUT2D eigenvalue weighted by atomic mass is 10.1. The molecule has 26 heavy (non-hydrogen) atoms. The van der Waals surface area contributed by atoms with E-state index in [9.17, 15) is 0 Å². The molecule has 0 amide bonds. The number of nitrogens with zero attached hydrogens (tertiary/aromatic N) is 3. The first-order valence-corrected chi connectivity index (χ1v) is 10.7. The van der Waals surface area contributed by atoms with Crippen molar-refractivity contribution in [3.8, 4) is 0 Å². The Balaban J connectivity index is 0.000000487. The molecule has 2 N–H and O–H groups in total. The molecule has 0 unspecified atom stereocenters. The predicted octanol–water partition coefficient (Wildman–Crippen LogP) is 2.99. The molecule has 2 rings (SSSR count). The minimum Gasteiger partial charge on any atom is -0.473 e. The van der Waals surface area contributed by atoms with E-state index in [0.717, 1.165) is 41.7 Å².